The molecule has 3 heterocycles. The molecule has 1 N–H and O–H groups in total. The van der Waals surface area contributed by atoms with Crippen LogP contribution in [-0.2, 0) is 13.1 Å². The Morgan fingerprint density at radius 3 is 2.92 bits per heavy atom. The summed E-state index contributed by atoms with van der Waals surface area (Å²) in [5.41, 5.74) is 1.93. The van der Waals surface area contributed by atoms with Crippen molar-refractivity contribution in [3.8, 4) is 0 Å². The van der Waals surface area contributed by atoms with Gasteiger partial charge in [-0.15, -0.1) is 0 Å². The highest BCUT2D eigenvalue weighted by Gasteiger charge is 2.17. The number of hydrogen-bond donors (Lipinski definition) is 1. The van der Waals surface area contributed by atoms with Crippen molar-refractivity contribution in [3.05, 3.63) is 76.6 Å². The summed E-state index contributed by atoms with van der Waals surface area (Å²) in [6, 6.07) is 10.6. The largest absolute Gasteiger partial charge is 0.420 e. The second-order valence-corrected chi connectivity index (χ2v) is 5.48. The molecular formula is C17H13N5O4. The number of para-hydroxylation sites is 2. The maximum atomic E-state index is 12.1. The molecule has 1 amide bonds. The van der Waals surface area contributed by atoms with Crippen molar-refractivity contribution < 1.29 is 13.7 Å². The van der Waals surface area contributed by atoms with Gasteiger partial charge in [0.25, 0.3) is 0 Å². The summed E-state index contributed by atoms with van der Waals surface area (Å²) >= 11 is 0. The van der Waals surface area contributed by atoms with Crippen LogP contribution in [0.4, 0.5) is 0 Å². The Kier molecular flexibility index (Phi) is 4.02. The van der Waals surface area contributed by atoms with Gasteiger partial charge >= 0.3 is 17.6 Å². The van der Waals surface area contributed by atoms with Crippen molar-refractivity contribution in [3.63, 3.8) is 0 Å². The van der Waals surface area contributed by atoms with E-state index in [1.54, 1.807) is 42.7 Å². The SMILES string of the molecule is O=C(NCc1cccnc1)c1nc(Cn2c(=O)oc3ccccc32)no1. The Hall–Kier alpha value is -3.75. The minimum atomic E-state index is -0.529. The van der Waals surface area contributed by atoms with E-state index >= 15 is 0 Å². The highest BCUT2D eigenvalue weighted by Crippen LogP contribution is 2.12. The lowest BCUT2D eigenvalue weighted by Gasteiger charge is -2.00. The number of nitrogens with zero attached hydrogens (tertiary/aromatic N) is 4. The average Bonchev–Trinajstić information content (AvgIpc) is 3.26. The molecule has 9 heteroatoms. The van der Waals surface area contributed by atoms with E-state index in [1.165, 1.54) is 4.57 Å². The zero-order chi connectivity index (χ0) is 17.9. The molecule has 0 spiro atoms. The van der Waals surface area contributed by atoms with Gasteiger partial charge in [0.2, 0.25) is 0 Å². The Balaban J connectivity index is 1.48. The first-order valence-corrected chi connectivity index (χ1v) is 7.79. The lowest BCUT2D eigenvalue weighted by atomic mass is 10.3. The second-order valence-electron chi connectivity index (χ2n) is 5.48. The number of fused-ring (bicyclic) bond motifs is 1. The van der Waals surface area contributed by atoms with Crippen molar-refractivity contribution in [2.24, 2.45) is 0 Å². The summed E-state index contributed by atoms with van der Waals surface area (Å²) in [5, 5.41) is 6.42. The molecule has 130 valence electrons. The molecule has 0 bridgehead atoms. The van der Waals surface area contributed by atoms with E-state index in [9.17, 15) is 9.59 Å². The van der Waals surface area contributed by atoms with Crippen molar-refractivity contribution in [2.75, 3.05) is 0 Å². The standard InChI is InChI=1S/C17H13N5O4/c23-15(19-9-11-4-3-7-18-8-11)16-20-14(21-26-16)10-22-12-5-1-2-6-13(12)25-17(22)24/h1-8H,9-10H2,(H,19,23). The molecule has 3 aromatic heterocycles. The molecular weight excluding hydrogens is 338 g/mol. The highest BCUT2D eigenvalue weighted by atomic mass is 16.5. The maximum Gasteiger partial charge on any atom is 0.420 e. The van der Waals surface area contributed by atoms with Crippen LogP contribution in [0, 0.1) is 0 Å². The third-order valence-corrected chi connectivity index (χ3v) is 3.71. The first-order chi connectivity index (χ1) is 12.7. The number of rotatable bonds is 5. The van der Waals surface area contributed by atoms with Crippen LogP contribution in [0.15, 0.2) is 62.5 Å². The topological polar surface area (TPSA) is 116 Å². The number of benzene rings is 1. The quantitative estimate of drug-likeness (QED) is 0.577. The summed E-state index contributed by atoms with van der Waals surface area (Å²) in [6.07, 6.45) is 3.30. The average molecular weight is 351 g/mol. The molecule has 0 saturated carbocycles. The van der Waals surface area contributed by atoms with E-state index in [-0.39, 0.29) is 24.8 Å². The van der Waals surface area contributed by atoms with Crippen LogP contribution in [0.25, 0.3) is 11.1 Å². The van der Waals surface area contributed by atoms with E-state index in [4.69, 9.17) is 8.94 Å². The minimum absolute atomic E-state index is 0.0369. The van der Waals surface area contributed by atoms with Gasteiger partial charge in [-0.25, -0.2) is 4.79 Å². The van der Waals surface area contributed by atoms with Gasteiger partial charge < -0.3 is 14.3 Å². The fourth-order valence-electron chi connectivity index (χ4n) is 2.48. The van der Waals surface area contributed by atoms with Crippen LogP contribution >= 0.6 is 0 Å². The molecule has 0 aliphatic carbocycles. The van der Waals surface area contributed by atoms with Crippen LogP contribution < -0.4 is 11.1 Å². The lowest BCUT2D eigenvalue weighted by molar-refractivity contribution is 0.0907. The molecule has 4 aromatic rings. The van der Waals surface area contributed by atoms with E-state index in [1.807, 2.05) is 6.07 Å². The molecule has 4 rings (SSSR count). The van der Waals surface area contributed by atoms with Crippen LogP contribution in [0.1, 0.15) is 22.1 Å². The fourth-order valence-corrected chi connectivity index (χ4v) is 2.48. The summed E-state index contributed by atoms with van der Waals surface area (Å²) in [4.78, 5) is 32.1. The summed E-state index contributed by atoms with van der Waals surface area (Å²) in [6.45, 7) is 0.325. The fraction of sp³-hybridized carbons (Fsp3) is 0.118. The number of amides is 1. The van der Waals surface area contributed by atoms with Gasteiger partial charge in [0.15, 0.2) is 11.4 Å². The van der Waals surface area contributed by atoms with Crippen LogP contribution in [0.5, 0.6) is 0 Å². The van der Waals surface area contributed by atoms with E-state index in [0.717, 1.165) is 5.56 Å². The van der Waals surface area contributed by atoms with Gasteiger partial charge in [0, 0.05) is 18.9 Å². The Morgan fingerprint density at radius 2 is 2.08 bits per heavy atom. The number of pyridine rings is 1. The number of carbonyl (C=O) groups is 1. The van der Waals surface area contributed by atoms with Gasteiger partial charge in [0.1, 0.15) is 0 Å². The molecule has 1 aromatic carbocycles. The van der Waals surface area contributed by atoms with Gasteiger partial charge in [-0.1, -0.05) is 23.4 Å². The molecule has 9 nitrogen and oxygen atoms in total. The number of nitrogens with one attached hydrogen (secondary N) is 1. The zero-order valence-electron chi connectivity index (χ0n) is 13.5. The van der Waals surface area contributed by atoms with Gasteiger partial charge in [-0.05, 0) is 23.8 Å². The molecule has 0 aliphatic heterocycles. The Labute approximate surface area is 146 Å². The normalized spacial score (nSPS) is 10.9. The van der Waals surface area contributed by atoms with Gasteiger partial charge in [0.05, 0.1) is 12.1 Å². The number of aromatic nitrogens is 4. The smallest absolute Gasteiger partial charge is 0.408 e. The van der Waals surface area contributed by atoms with Crippen LogP contribution in [0.2, 0.25) is 0 Å². The summed E-state index contributed by atoms with van der Waals surface area (Å²) in [7, 11) is 0. The minimum Gasteiger partial charge on any atom is -0.408 e. The maximum absolute atomic E-state index is 12.1. The number of carbonyl (C=O) groups excluding carboxylic acids is 1. The second kappa shape index (κ2) is 6.63. The van der Waals surface area contributed by atoms with Crippen molar-refractivity contribution in [2.45, 2.75) is 13.1 Å². The van der Waals surface area contributed by atoms with Crippen LogP contribution in [-0.4, -0.2) is 25.6 Å². The monoisotopic (exact) mass is 351 g/mol. The first kappa shape index (κ1) is 15.8. The van der Waals surface area contributed by atoms with E-state index in [2.05, 4.69) is 20.4 Å². The summed E-state index contributed by atoms with van der Waals surface area (Å²) in [5.74, 6) is -1.01. The molecule has 0 radical (unpaired) electrons. The Bertz CT molecular complexity index is 1110. The lowest BCUT2D eigenvalue weighted by Crippen LogP contribution is -2.23. The number of hydrogen-bond acceptors (Lipinski definition) is 7. The Morgan fingerprint density at radius 1 is 1.19 bits per heavy atom. The van der Waals surface area contributed by atoms with Gasteiger partial charge in [-0.2, -0.15) is 4.98 Å². The molecule has 0 atom stereocenters. The predicted molar refractivity (Wildman–Crippen MR) is 89.3 cm³/mol. The molecule has 0 fully saturated rings. The zero-order valence-corrected chi connectivity index (χ0v) is 13.5. The van der Waals surface area contributed by atoms with Crippen molar-refractivity contribution in [1.29, 1.82) is 0 Å². The third kappa shape index (κ3) is 3.09. The number of oxazole rings is 1. The van der Waals surface area contributed by atoms with E-state index in [0.29, 0.717) is 11.1 Å². The third-order valence-electron chi connectivity index (χ3n) is 3.71. The van der Waals surface area contributed by atoms with Crippen molar-refractivity contribution in [1.82, 2.24) is 25.0 Å². The summed E-state index contributed by atoms with van der Waals surface area (Å²) < 4.78 is 11.5. The molecule has 26 heavy (non-hydrogen) atoms. The molecule has 0 unspecified atom stereocenters. The van der Waals surface area contributed by atoms with Crippen LogP contribution in [0.3, 0.4) is 0 Å². The molecule has 0 aliphatic rings. The van der Waals surface area contributed by atoms with Gasteiger partial charge in [-0.3, -0.25) is 14.3 Å². The molecule has 0 saturated heterocycles. The first-order valence-electron chi connectivity index (χ1n) is 7.79. The van der Waals surface area contributed by atoms with E-state index < -0.39 is 11.7 Å². The van der Waals surface area contributed by atoms with Crippen molar-refractivity contribution >= 4 is 17.0 Å². The predicted octanol–water partition coefficient (Wildman–Crippen LogP) is 1.35. The highest BCUT2D eigenvalue weighted by molar-refractivity contribution is 5.89.